The summed E-state index contributed by atoms with van der Waals surface area (Å²) in [7, 11) is 1.96. The Morgan fingerprint density at radius 1 is 1.12 bits per heavy atom. The van der Waals surface area contributed by atoms with Crippen molar-refractivity contribution in [3.63, 3.8) is 0 Å². The molecule has 5 nitrogen and oxygen atoms in total. The van der Waals surface area contributed by atoms with Gasteiger partial charge in [0.25, 0.3) is 0 Å². The first kappa shape index (κ1) is 24.9. The van der Waals surface area contributed by atoms with Crippen LogP contribution in [0.1, 0.15) is 31.2 Å². The van der Waals surface area contributed by atoms with Crippen LogP contribution in [0.4, 0.5) is 18.9 Å². The quantitative estimate of drug-likeness (QED) is 0.369. The first-order valence-corrected chi connectivity index (χ1v) is 12.2. The van der Waals surface area contributed by atoms with Crippen molar-refractivity contribution in [2.24, 2.45) is 11.8 Å². The highest BCUT2D eigenvalue weighted by atomic mass is 19.4. The zero-order valence-corrected chi connectivity index (χ0v) is 20.0. The Balaban J connectivity index is 1.19. The van der Waals surface area contributed by atoms with Gasteiger partial charge in [0.1, 0.15) is 0 Å². The molecule has 0 bridgehead atoms. The Bertz CT molecular complexity index is 852. The predicted octanol–water partition coefficient (Wildman–Crippen LogP) is 4.97. The Morgan fingerprint density at radius 2 is 1.82 bits per heavy atom. The van der Waals surface area contributed by atoms with E-state index in [1.165, 1.54) is 12.1 Å². The van der Waals surface area contributed by atoms with Gasteiger partial charge in [-0.3, -0.25) is 0 Å². The predicted molar refractivity (Wildman–Crippen MR) is 127 cm³/mol. The van der Waals surface area contributed by atoms with Crippen molar-refractivity contribution in [2.45, 2.75) is 37.9 Å². The molecule has 1 aromatic rings. The number of benzene rings is 1. The van der Waals surface area contributed by atoms with Gasteiger partial charge in [-0.1, -0.05) is 6.58 Å². The molecule has 0 N–H and O–H groups in total. The number of ether oxygens (including phenoxy) is 2. The van der Waals surface area contributed by atoms with E-state index in [1.807, 2.05) is 11.9 Å². The molecule has 2 unspecified atom stereocenters. The number of fused-ring (bicyclic) bond motifs is 1. The summed E-state index contributed by atoms with van der Waals surface area (Å²) in [4.78, 5) is 6.68. The second-order valence-corrected chi connectivity index (χ2v) is 9.65. The molecule has 3 aliphatic rings. The van der Waals surface area contributed by atoms with Crippen molar-refractivity contribution in [1.29, 1.82) is 0 Å². The summed E-state index contributed by atoms with van der Waals surface area (Å²) >= 11 is 0. The Labute approximate surface area is 200 Å². The van der Waals surface area contributed by atoms with Crippen LogP contribution in [0.2, 0.25) is 0 Å². The summed E-state index contributed by atoms with van der Waals surface area (Å²) in [6.45, 7) is 14.3. The van der Waals surface area contributed by atoms with Crippen molar-refractivity contribution >= 4 is 5.69 Å². The number of halogens is 3. The maximum Gasteiger partial charge on any atom is 0.416 e. The van der Waals surface area contributed by atoms with Gasteiger partial charge in [0.05, 0.1) is 12.2 Å². The number of hydrogen-bond donors (Lipinski definition) is 0. The summed E-state index contributed by atoms with van der Waals surface area (Å²) in [5, 5.41) is 0. The Morgan fingerprint density at radius 3 is 2.50 bits per heavy atom. The topological polar surface area (TPSA) is 28.2 Å². The fraction of sp³-hybridized carbons (Fsp3) is 0.615. The lowest BCUT2D eigenvalue weighted by molar-refractivity contribution is -0.137. The van der Waals surface area contributed by atoms with Crippen LogP contribution in [0.25, 0.3) is 0 Å². The van der Waals surface area contributed by atoms with Crippen LogP contribution in [0, 0.1) is 11.8 Å². The van der Waals surface area contributed by atoms with Crippen LogP contribution in [-0.4, -0.2) is 68.9 Å². The molecule has 0 saturated carbocycles. The second kappa shape index (κ2) is 10.6. The Hall–Kier alpha value is -2.19. The number of likely N-dealkylation sites (tertiary alicyclic amines) is 1. The number of allylic oxidation sites excluding steroid dienone is 1. The van der Waals surface area contributed by atoms with Crippen LogP contribution >= 0.6 is 0 Å². The van der Waals surface area contributed by atoms with E-state index >= 15 is 0 Å². The number of rotatable bonds is 9. The molecule has 0 aromatic heterocycles. The van der Waals surface area contributed by atoms with Crippen molar-refractivity contribution in [3.8, 4) is 0 Å². The molecule has 0 radical (unpaired) electrons. The third kappa shape index (κ3) is 5.71. The van der Waals surface area contributed by atoms with Crippen LogP contribution in [0.5, 0.6) is 0 Å². The normalized spacial score (nSPS) is 23.7. The molecular formula is C26H36F3N3O2. The molecule has 3 saturated heterocycles. The summed E-state index contributed by atoms with van der Waals surface area (Å²) in [6, 6.07) is 5.96. The highest BCUT2D eigenvalue weighted by Gasteiger charge is 2.41. The largest absolute Gasteiger partial charge is 0.479 e. The van der Waals surface area contributed by atoms with Crippen LogP contribution in [0.3, 0.4) is 0 Å². The summed E-state index contributed by atoms with van der Waals surface area (Å²) < 4.78 is 50.0. The molecule has 188 valence electrons. The van der Waals surface area contributed by atoms with Gasteiger partial charge in [-0.25, -0.2) is 0 Å². The molecule has 3 heterocycles. The van der Waals surface area contributed by atoms with Crippen molar-refractivity contribution in [1.82, 2.24) is 9.80 Å². The third-order valence-corrected chi connectivity index (χ3v) is 7.53. The molecule has 0 amide bonds. The minimum Gasteiger partial charge on any atom is -0.479 e. The van der Waals surface area contributed by atoms with Crippen molar-refractivity contribution in [3.05, 3.63) is 54.6 Å². The number of hydrogen-bond acceptors (Lipinski definition) is 5. The van der Waals surface area contributed by atoms with Gasteiger partial charge in [-0.2, -0.15) is 13.2 Å². The van der Waals surface area contributed by atoms with Gasteiger partial charge in [0.2, 0.25) is 0 Å². The lowest BCUT2D eigenvalue weighted by Gasteiger charge is -2.31. The second-order valence-electron chi connectivity index (χ2n) is 9.65. The highest BCUT2D eigenvalue weighted by Crippen LogP contribution is 2.37. The van der Waals surface area contributed by atoms with Gasteiger partial charge < -0.3 is 24.2 Å². The number of nitrogens with zero attached hydrogens (tertiary/aromatic N) is 3. The molecule has 0 aliphatic carbocycles. The molecule has 1 aromatic carbocycles. The molecule has 4 rings (SSSR count). The van der Waals surface area contributed by atoms with E-state index in [4.69, 9.17) is 9.47 Å². The maximum absolute atomic E-state index is 12.9. The molecular weight excluding hydrogens is 443 g/mol. The third-order valence-electron chi connectivity index (χ3n) is 7.53. The van der Waals surface area contributed by atoms with Gasteiger partial charge in [-0.05, 0) is 62.4 Å². The summed E-state index contributed by atoms with van der Waals surface area (Å²) in [5.74, 6) is 1.60. The minimum absolute atomic E-state index is 0.363. The van der Waals surface area contributed by atoms with E-state index in [-0.39, 0.29) is 0 Å². The lowest BCUT2D eigenvalue weighted by Crippen LogP contribution is -2.35. The van der Waals surface area contributed by atoms with E-state index in [9.17, 15) is 13.2 Å². The standard InChI is InChI=1S/C26H36F3N3O2/c1-19(21-10-15-33-16-11-21)30(3)20(2)34-14-4-12-31-17-22-9-13-32(25(22)18-31)24-7-5-23(6-8-24)26(27,28)29/h5-8,21-22,25H,1-2,4,9-18H2,3H3. The van der Waals surface area contributed by atoms with E-state index in [0.717, 1.165) is 76.5 Å². The summed E-state index contributed by atoms with van der Waals surface area (Å²) in [5.41, 5.74) is 1.32. The fourth-order valence-corrected chi connectivity index (χ4v) is 5.43. The van der Waals surface area contributed by atoms with Gasteiger partial charge in [0, 0.05) is 69.8 Å². The van der Waals surface area contributed by atoms with Gasteiger partial charge >= 0.3 is 6.18 Å². The zero-order chi connectivity index (χ0) is 24.3. The first-order valence-electron chi connectivity index (χ1n) is 12.2. The molecule has 34 heavy (non-hydrogen) atoms. The van der Waals surface area contributed by atoms with E-state index < -0.39 is 11.7 Å². The smallest absolute Gasteiger partial charge is 0.416 e. The average Bonchev–Trinajstić information content (AvgIpc) is 3.41. The lowest BCUT2D eigenvalue weighted by atomic mass is 9.96. The summed E-state index contributed by atoms with van der Waals surface area (Å²) in [6.07, 6.45) is -0.351. The van der Waals surface area contributed by atoms with Crippen molar-refractivity contribution < 1.29 is 22.6 Å². The van der Waals surface area contributed by atoms with E-state index in [0.29, 0.717) is 30.4 Å². The zero-order valence-electron chi connectivity index (χ0n) is 20.0. The maximum atomic E-state index is 12.9. The van der Waals surface area contributed by atoms with E-state index in [2.05, 4.69) is 23.0 Å². The molecule has 3 aliphatic heterocycles. The molecule has 8 heteroatoms. The average molecular weight is 480 g/mol. The molecule has 2 atom stereocenters. The molecule has 3 fully saturated rings. The van der Waals surface area contributed by atoms with Crippen LogP contribution < -0.4 is 4.90 Å². The Kier molecular flexibility index (Phi) is 7.77. The van der Waals surface area contributed by atoms with Gasteiger partial charge in [0.15, 0.2) is 5.88 Å². The molecule has 0 spiro atoms. The highest BCUT2D eigenvalue weighted by molar-refractivity contribution is 5.50. The number of alkyl halides is 3. The fourth-order valence-electron chi connectivity index (χ4n) is 5.43. The monoisotopic (exact) mass is 479 g/mol. The SMILES string of the molecule is C=C(OCCCN1CC2CCN(c3ccc(C(F)(F)F)cc3)C2C1)N(C)C(=C)C1CCOCC1. The number of anilines is 1. The van der Waals surface area contributed by atoms with Crippen molar-refractivity contribution in [2.75, 3.05) is 57.9 Å². The first-order chi connectivity index (χ1) is 16.2. The van der Waals surface area contributed by atoms with Gasteiger partial charge in [-0.15, -0.1) is 0 Å². The minimum atomic E-state index is -4.30. The van der Waals surface area contributed by atoms with Crippen LogP contribution in [-0.2, 0) is 15.7 Å². The van der Waals surface area contributed by atoms with E-state index in [1.54, 1.807) is 12.1 Å². The van der Waals surface area contributed by atoms with Crippen LogP contribution in [0.15, 0.2) is 49.0 Å².